The number of halogens is 1. The molecule has 106 valence electrons. The number of amides is 1. The van der Waals surface area contributed by atoms with Gasteiger partial charge >= 0.3 is 0 Å². The molecule has 0 spiro atoms. The number of hydrogen-bond acceptors (Lipinski definition) is 8. The van der Waals surface area contributed by atoms with E-state index in [4.69, 9.17) is 0 Å². The first-order chi connectivity index (χ1) is 9.37. The summed E-state index contributed by atoms with van der Waals surface area (Å²) >= 11 is 3.81. The minimum atomic E-state index is -3.92. The summed E-state index contributed by atoms with van der Waals surface area (Å²) < 4.78 is 26.4. The summed E-state index contributed by atoms with van der Waals surface area (Å²) in [7, 11) is -3.92. The molecule has 0 aliphatic carbocycles. The summed E-state index contributed by atoms with van der Waals surface area (Å²) in [6.07, 6.45) is 2.60. The predicted molar refractivity (Wildman–Crippen MR) is 74.8 cm³/mol. The standard InChI is InChI=1S/C8H7BrN6O3S2/c1-4(16)12-7-13-14-8(19-7)20(17,18)15-6-3-10-5(9)2-11-6/h2-3H,1H3,(H,11,15)(H,12,13,16). The summed E-state index contributed by atoms with van der Waals surface area (Å²) in [5, 5.41) is 9.50. The van der Waals surface area contributed by atoms with Crippen molar-refractivity contribution in [2.75, 3.05) is 10.0 Å². The highest BCUT2D eigenvalue weighted by molar-refractivity contribution is 9.10. The van der Waals surface area contributed by atoms with Crippen LogP contribution in [0.3, 0.4) is 0 Å². The summed E-state index contributed by atoms with van der Waals surface area (Å²) in [5.74, 6) is -0.318. The summed E-state index contributed by atoms with van der Waals surface area (Å²) in [5.41, 5.74) is 0. The predicted octanol–water partition coefficient (Wildman–Crippen LogP) is 0.850. The van der Waals surface area contributed by atoms with Gasteiger partial charge in [-0.25, -0.2) is 9.97 Å². The number of anilines is 2. The van der Waals surface area contributed by atoms with Gasteiger partial charge in [0.25, 0.3) is 14.4 Å². The van der Waals surface area contributed by atoms with Gasteiger partial charge in [0, 0.05) is 6.92 Å². The van der Waals surface area contributed by atoms with E-state index in [2.05, 4.69) is 46.1 Å². The van der Waals surface area contributed by atoms with Crippen molar-refractivity contribution in [3.8, 4) is 0 Å². The summed E-state index contributed by atoms with van der Waals surface area (Å²) in [6.45, 7) is 1.28. The van der Waals surface area contributed by atoms with Crippen LogP contribution in [-0.2, 0) is 14.8 Å². The van der Waals surface area contributed by atoms with Crippen LogP contribution in [0.4, 0.5) is 10.9 Å². The van der Waals surface area contributed by atoms with Crippen LogP contribution < -0.4 is 10.0 Å². The van der Waals surface area contributed by atoms with Crippen molar-refractivity contribution in [1.82, 2.24) is 20.2 Å². The van der Waals surface area contributed by atoms with E-state index >= 15 is 0 Å². The molecule has 2 heterocycles. The van der Waals surface area contributed by atoms with Gasteiger partial charge in [-0.2, -0.15) is 8.42 Å². The van der Waals surface area contributed by atoms with Crippen LogP contribution in [0.2, 0.25) is 0 Å². The maximum absolute atomic E-state index is 12.0. The number of nitrogens with zero attached hydrogens (tertiary/aromatic N) is 4. The lowest BCUT2D eigenvalue weighted by Gasteiger charge is -2.02. The smallest absolute Gasteiger partial charge is 0.292 e. The van der Waals surface area contributed by atoms with E-state index in [-0.39, 0.29) is 21.2 Å². The third-order valence-corrected chi connectivity index (χ3v) is 4.75. The highest BCUT2D eigenvalue weighted by Gasteiger charge is 2.21. The Morgan fingerprint density at radius 1 is 1.30 bits per heavy atom. The van der Waals surface area contributed by atoms with Crippen LogP contribution in [0.1, 0.15) is 6.92 Å². The van der Waals surface area contributed by atoms with Crippen LogP contribution in [0, 0.1) is 0 Å². The zero-order chi connectivity index (χ0) is 14.8. The Kier molecular flexibility index (Phi) is 4.25. The largest absolute Gasteiger partial charge is 0.301 e. The average Bonchev–Trinajstić information content (AvgIpc) is 2.80. The van der Waals surface area contributed by atoms with E-state index in [9.17, 15) is 13.2 Å². The van der Waals surface area contributed by atoms with Gasteiger partial charge in [-0.05, 0) is 15.9 Å². The lowest BCUT2D eigenvalue weighted by molar-refractivity contribution is -0.114. The monoisotopic (exact) mass is 378 g/mol. The first kappa shape index (κ1) is 14.7. The molecule has 2 N–H and O–H groups in total. The molecule has 0 saturated carbocycles. The van der Waals surface area contributed by atoms with Crippen LogP contribution in [0.15, 0.2) is 21.3 Å². The second kappa shape index (κ2) is 5.76. The third-order valence-electron chi connectivity index (χ3n) is 1.78. The van der Waals surface area contributed by atoms with Gasteiger partial charge in [0.2, 0.25) is 11.0 Å². The molecule has 2 aromatic rings. The quantitative estimate of drug-likeness (QED) is 0.754. The Labute approximate surface area is 126 Å². The third kappa shape index (κ3) is 3.68. The van der Waals surface area contributed by atoms with Crippen molar-refractivity contribution in [2.24, 2.45) is 0 Å². The van der Waals surface area contributed by atoms with Crippen LogP contribution in [0.5, 0.6) is 0 Å². The molecule has 0 aromatic carbocycles. The Balaban J connectivity index is 2.19. The molecule has 0 aliphatic rings. The van der Waals surface area contributed by atoms with Gasteiger partial charge < -0.3 is 5.32 Å². The molecule has 12 heteroatoms. The number of sulfonamides is 1. The number of aromatic nitrogens is 4. The zero-order valence-corrected chi connectivity index (χ0v) is 13.1. The molecule has 0 fully saturated rings. The molecule has 20 heavy (non-hydrogen) atoms. The minimum absolute atomic E-state index is 0.0458. The Morgan fingerprint density at radius 2 is 2.05 bits per heavy atom. The summed E-state index contributed by atoms with van der Waals surface area (Å²) in [6, 6.07) is 0. The van der Waals surface area contributed by atoms with Crippen molar-refractivity contribution in [2.45, 2.75) is 11.3 Å². The molecule has 2 aromatic heterocycles. The zero-order valence-electron chi connectivity index (χ0n) is 9.86. The van der Waals surface area contributed by atoms with Crippen molar-refractivity contribution >= 4 is 54.1 Å². The Morgan fingerprint density at radius 3 is 2.65 bits per heavy atom. The fourth-order valence-corrected chi connectivity index (χ4v) is 3.21. The maximum atomic E-state index is 12.0. The van der Waals surface area contributed by atoms with E-state index in [0.29, 0.717) is 4.60 Å². The average molecular weight is 379 g/mol. The first-order valence-corrected chi connectivity index (χ1v) is 8.07. The topological polar surface area (TPSA) is 127 Å². The van der Waals surface area contributed by atoms with Crippen LogP contribution in [-0.4, -0.2) is 34.5 Å². The van der Waals surface area contributed by atoms with E-state index in [1.165, 1.54) is 19.3 Å². The van der Waals surface area contributed by atoms with E-state index in [0.717, 1.165) is 11.3 Å². The second-order valence-corrected chi connectivity index (χ2v) is 7.03. The molecule has 2 rings (SSSR count). The molecular formula is C8H7BrN6O3S2. The number of hydrogen-bond donors (Lipinski definition) is 2. The number of carbonyl (C=O) groups is 1. The molecule has 0 atom stereocenters. The Hall–Kier alpha value is -1.66. The van der Waals surface area contributed by atoms with Gasteiger partial charge in [0.1, 0.15) is 4.60 Å². The van der Waals surface area contributed by atoms with Crippen LogP contribution in [0.25, 0.3) is 0 Å². The van der Waals surface area contributed by atoms with Gasteiger partial charge in [-0.3, -0.25) is 9.52 Å². The molecule has 9 nitrogen and oxygen atoms in total. The highest BCUT2D eigenvalue weighted by atomic mass is 79.9. The summed E-state index contributed by atoms with van der Waals surface area (Å²) in [4.78, 5) is 18.5. The minimum Gasteiger partial charge on any atom is -0.301 e. The van der Waals surface area contributed by atoms with E-state index in [1.54, 1.807) is 0 Å². The van der Waals surface area contributed by atoms with Gasteiger partial charge in [-0.15, -0.1) is 10.2 Å². The van der Waals surface area contributed by atoms with E-state index < -0.39 is 10.0 Å². The molecule has 0 bridgehead atoms. The van der Waals surface area contributed by atoms with Crippen LogP contribution >= 0.6 is 27.3 Å². The van der Waals surface area contributed by atoms with Crippen molar-refractivity contribution < 1.29 is 13.2 Å². The van der Waals surface area contributed by atoms with Gasteiger partial charge in [0.05, 0.1) is 12.4 Å². The lowest BCUT2D eigenvalue weighted by Crippen LogP contribution is -2.13. The molecule has 0 aliphatic heterocycles. The SMILES string of the molecule is CC(=O)Nc1nnc(S(=O)(=O)Nc2cnc(Br)cn2)s1. The number of rotatable bonds is 4. The van der Waals surface area contributed by atoms with E-state index in [1.807, 2.05) is 0 Å². The highest BCUT2D eigenvalue weighted by Crippen LogP contribution is 2.21. The normalized spacial score (nSPS) is 11.1. The number of carbonyl (C=O) groups excluding carboxylic acids is 1. The molecule has 0 unspecified atom stereocenters. The second-order valence-electron chi connectivity index (χ2n) is 3.38. The maximum Gasteiger partial charge on any atom is 0.292 e. The van der Waals surface area contributed by atoms with Crippen molar-refractivity contribution in [3.05, 3.63) is 17.0 Å². The first-order valence-electron chi connectivity index (χ1n) is 4.98. The molecular weight excluding hydrogens is 372 g/mol. The fourth-order valence-electron chi connectivity index (χ4n) is 1.07. The van der Waals surface area contributed by atoms with Gasteiger partial charge in [-0.1, -0.05) is 11.3 Å². The van der Waals surface area contributed by atoms with Gasteiger partial charge in [0.15, 0.2) is 5.82 Å². The number of nitrogens with one attached hydrogen (secondary N) is 2. The molecule has 1 amide bonds. The molecule has 0 saturated heterocycles. The van der Waals surface area contributed by atoms with Crippen molar-refractivity contribution in [3.63, 3.8) is 0 Å². The molecule has 0 radical (unpaired) electrons. The lowest BCUT2D eigenvalue weighted by atomic mass is 10.7. The van der Waals surface area contributed by atoms with Crippen molar-refractivity contribution in [1.29, 1.82) is 0 Å². The fraction of sp³-hybridized carbons (Fsp3) is 0.125. The Bertz CT molecular complexity index is 729.